The molecule has 1 aliphatic rings. The third-order valence-corrected chi connectivity index (χ3v) is 4.77. The topological polar surface area (TPSA) is 9.23 Å². The van der Waals surface area contributed by atoms with Gasteiger partial charge in [0.1, 0.15) is 0 Å². The van der Waals surface area contributed by atoms with Gasteiger partial charge in [0.05, 0.1) is 6.61 Å². The van der Waals surface area contributed by atoms with Gasteiger partial charge in [-0.3, -0.25) is 0 Å². The number of alkyl halides is 1. The molecule has 0 spiro atoms. The van der Waals surface area contributed by atoms with Crippen molar-refractivity contribution in [3.63, 3.8) is 0 Å². The Hall–Kier alpha value is 0.440. The van der Waals surface area contributed by atoms with Gasteiger partial charge in [0.15, 0.2) is 0 Å². The van der Waals surface area contributed by atoms with Crippen LogP contribution >= 0.6 is 15.9 Å². The molecule has 96 valence electrons. The highest BCUT2D eigenvalue weighted by Gasteiger charge is 2.22. The van der Waals surface area contributed by atoms with E-state index in [1.165, 1.54) is 57.8 Å². The van der Waals surface area contributed by atoms with Crippen molar-refractivity contribution in [1.29, 1.82) is 0 Å². The van der Waals surface area contributed by atoms with Gasteiger partial charge in [-0.1, -0.05) is 67.8 Å². The normalized spacial score (nSPS) is 25.9. The average molecular weight is 291 g/mol. The number of rotatable bonds is 8. The summed E-state index contributed by atoms with van der Waals surface area (Å²) >= 11 is 3.78. The molecule has 1 heterocycles. The van der Waals surface area contributed by atoms with Crippen molar-refractivity contribution in [3.8, 4) is 0 Å². The first-order valence-electron chi connectivity index (χ1n) is 7.06. The molecule has 0 aromatic heterocycles. The lowest BCUT2D eigenvalue weighted by Crippen LogP contribution is -2.27. The molecule has 0 radical (unpaired) electrons. The van der Waals surface area contributed by atoms with E-state index in [0.717, 1.165) is 19.1 Å². The minimum absolute atomic E-state index is 0.710. The molecule has 0 aliphatic carbocycles. The second-order valence-corrected chi connectivity index (χ2v) is 6.23. The van der Waals surface area contributed by atoms with Crippen molar-refractivity contribution in [2.75, 3.05) is 13.2 Å². The van der Waals surface area contributed by atoms with E-state index < -0.39 is 0 Å². The van der Waals surface area contributed by atoms with Crippen LogP contribution < -0.4 is 0 Å². The predicted octanol–water partition coefficient (Wildman–Crippen LogP) is 4.93. The summed E-state index contributed by atoms with van der Waals surface area (Å²) in [6.45, 7) is 4.20. The lowest BCUT2D eigenvalue weighted by Gasteiger charge is -2.27. The molecule has 1 fully saturated rings. The summed E-state index contributed by atoms with van der Waals surface area (Å²) in [5.41, 5.74) is 0. The first kappa shape index (κ1) is 14.5. The molecule has 16 heavy (non-hydrogen) atoms. The van der Waals surface area contributed by atoms with Crippen LogP contribution in [0.5, 0.6) is 0 Å². The maximum absolute atomic E-state index is 5.53. The van der Waals surface area contributed by atoms with Crippen LogP contribution in [0.2, 0.25) is 0 Å². The fourth-order valence-corrected chi connectivity index (χ4v) is 3.00. The van der Waals surface area contributed by atoms with Gasteiger partial charge in [0, 0.05) is 11.4 Å². The second kappa shape index (κ2) is 9.47. The van der Waals surface area contributed by atoms with Gasteiger partial charge in [-0.05, 0) is 18.8 Å². The summed E-state index contributed by atoms with van der Waals surface area (Å²) in [5, 5.41) is 0. The molecule has 1 saturated heterocycles. The molecule has 0 amide bonds. The molecule has 2 unspecified atom stereocenters. The van der Waals surface area contributed by atoms with Gasteiger partial charge in [0.25, 0.3) is 0 Å². The minimum Gasteiger partial charge on any atom is -0.381 e. The van der Waals surface area contributed by atoms with Crippen molar-refractivity contribution in [2.24, 2.45) is 5.92 Å². The van der Waals surface area contributed by atoms with E-state index in [1.807, 2.05) is 0 Å². The van der Waals surface area contributed by atoms with Crippen molar-refractivity contribution < 1.29 is 4.74 Å². The Bertz CT molecular complexity index is 161. The van der Waals surface area contributed by atoms with Gasteiger partial charge in [0.2, 0.25) is 0 Å². The van der Waals surface area contributed by atoms with Crippen molar-refractivity contribution in [1.82, 2.24) is 0 Å². The Morgan fingerprint density at radius 2 is 1.75 bits per heavy atom. The van der Waals surface area contributed by atoms with Gasteiger partial charge >= 0.3 is 0 Å². The first-order valence-corrected chi connectivity index (χ1v) is 7.98. The van der Waals surface area contributed by atoms with E-state index >= 15 is 0 Å². The summed E-state index contributed by atoms with van der Waals surface area (Å²) < 4.78 is 5.53. The first-order chi connectivity index (χ1) is 7.84. The molecule has 2 atom stereocenters. The van der Waals surface area contributed by atoms with Crippen LogP contribution in [-0.4, -0.2) is 18.0 Å². The van der Waals surface area contributed by atoms with Crippen molar-refractivity contribution in [3.05, 3.63) is 0 Å². The number of hydrogen-bond acceptors (Lipinski definition) is 1. The van der Waals surface area contributed by atoms with Crippen LogP contribution in [0.4, 0.5) is 0 Å². The summed E-state index contributed by atoms with van der Waals surface area (Å²) in [6, 6.07) is 0. The zero-order chi connectivity index (χ0) is 11.6. The lowest BCUT2D eigenvalue weighted by atomic mass is 9.95. The van der Waals surface area contributed by atoms with Crippen LogP contribution in [0, 0.1) is 5.92 Å². The Balaban J connectivity index is 1.90. The highest BCUT2D eigenvalue weighted by atomic mass is 79.9. The van der Waals surface area contributed by atoms with E-state index in [0.29, 0.717) is 4.83 Å². The quantitative estimate of drug-likeness (QED) is 0.455. The molecule has 0 aromatic carbocycles. The minimum atomic E-state index is 0.710. The summed E-state index contributed by atoms with van der Waals surface area (Å²) in [5.74, 6) is 0.768. The van der Waals surface area contributed by atoms with E-state index in [-0.39, 0.29) is 0 Å². The summed E-state index contributed by atoms with van der Waals surface area (Å²) in [7, 11) is 0. The monoisotopic (exact) mass is 290 g/mol. The van der Waals surface area contributed by atoms with Gasteiger partial charge in [-0.25, -0.2) is 0 Å². The van der Waals surface area contributed by atoms with E-state index in [2.05, 4.69) is 22.9 Å². The summed E-state index contributed by atoms with van der Waals surface area (Å²) in [4.78, 5) is 0.710. The van der Waals surface area contributed by atoms with Crippen LogP contribution in [0.1, 0.15) is 64.7 Å². The maximum atomic E-state index is 5.53. The van der Waals surface area contributed by atoms with E-state index in [1.54, 1.807) is 0 Å². The molecule has 2 heteroatoms. The molecule has 1 aliphatic heterocycles. The third-order valence-electron chi connectivity index (χ3n) is 3.56. The van der Waals surface area contributed by atoms with E-state index in [9.17, 15) is 0 Å². The largest absolute Gasteiger partial charge is 0.381 e. The van der Waals surface area contributed by atoms with Crippen LogP contribution in [0.3, 0.4) is 0 Å². The third kappa shape index (κ3) is 6.24. The SMILES string of the molecule is CCCCCCCCCC1COCCC1Br. The smallest absolute Gasteiger partial charge is 0.0504 e. The van der Waals surface area contributed by atoms with Gasteiger partial charge < -0.3 is 4.74 Å². The Morgan fingerprint density at radius 3 is 2.44 bits per heavy atom. The average Bonchev–Trinajstić information content (AvgIpc) is 2.30. The standard InChI is InChI=1S/C14H27BrO/c1-2-3-4-5-6-7-8-9-13-12-16-11-10-14(13)15/h13-14H,2-12H2,1H3. The zero-order valence-corrected chi connectivity index (χ0v) is 12.3. The number of unbranched alkanes of at least 4 members (excludes halogenated alkanes) is 6. The molecule has 0 saturated carbocycles. The van der Waals surface area contributed by atoms with Gasteiger partial charge in [-0.2, -0.15) is 0 Å². The lowest BCUT2D eigenvalue weighted by molar-refractivity contribution is 0.0563. The zero-order valence-electron chi connectivity index (χ0n) is 10.7. The molecular weight excluding hydrogens is 264 g/mol. The van der Waals surface area contributed by atoms with Crippen molar-refractivity contribution >= 4 is 15.9 Å². The van der Waals surface area contributed by atoms with Crippen LogP contribution in [0.25, 0.3) is 0 Å². The van der Waals surface area contributed by atoms with Crippen LogP contribution in [-0.2, 0) is 4.74 Å². The van der Waals surface area contributed by atoms with E-state index in [4.69, 9.17) is 4.74 Å². The molecule has 0 bridgehead atoms. The Kier molecular flexibility index (Phi) is 8.58. The highest BCUT2D eigenvalue weighted by Crippen LogP contribution is 2.26. The molecule has 1 rings (SSSR count). The summed E-state index contributed by atoms with van der Waals surface area (Å²) in [6.07, 6.45) is 12.4. The molecule has 0 N–H and O–H groups in total. The van der Waals surface area contributed by atoms with Crippen molar-refractivity contribution in [2.45, 2.75) is 69.5 Å². The van der Waals surface area contributed by atoms with Crippen LogP contribution in [0.15, 0.2) is 0 Å². The fourth-order valence-electron chi connectivity index (χ4n) is 2.40. The fraction of sp³-hybridized carbons (Fsp3) is 1.00. The Labute approximate surface area is 109 Å². The van der Waals surface area contributed by atoms with Gasteiger partial charge in [-0.15, -0.1) is 0 Å². The highest BCUT2D eigenvalue weighted by molar-refractivity contribution is 9.09. The molecule has 0 aromatic rings. The predicted molar refractivity (Wildman–Crippen MR) is 74.3 cm³/mol. The molecular formula is C14H27BrO. The number of hydrogen-bond donors (Lipinski definition) is 0. The number of ether oxygens (including phenoxy) is 1. The maximum Gasteiger partial charge on any atom is 0.0504 e. The molecule has 1 nitrogen and oxygen atoms in total. The second-order valence-electron chi connectivity index (χ2n) is 5.05. The number of halogens is 1. The Morgan fingerprint density at radius 1 is 1.06 bits per heavy atom.